The first-order chi connectivity index (χ1) is 13.3. The highest BCUT2D eigenvalue weighted by Gasteiger charge is 2.30. The highest BCUT2D eigenvalue weighted by molar-refractivity contribution is 6.03. The number of anilines is 1. The Kier molecular flexibility index (Phi) is 5.39. The third-order valence-corrected chi connectivity index (χ3v) is 4.13. The third-order valence-electron chi connectivity index (χ3n) is 4.13. The van der Waals surface area contributed by atoms with E-state index in [0.717, 1.165) is 17.7 Å². The van der Waals surface area contributed by atoms with Crippen molar-refractivity contribution >= 4 is 11.6 Å². The number of amides is 1. The van der Waals surface area contributed by atoms with Crippen LogP contribution in [0.3, 0.4) is 0 Å². The van der Waals surface area contributed by atoms with E-state index >= 15 is 0 Å². The van der Waals surface area contributed by atoms with E-state index in [-0.39, 0.29) is 11.4 Å². The van der Waals surface area contributed by atoms with E-state index in [1.807, 2.05) is 25.1 Å². The second-order valence-electron chi connectivity index (χ2n) is 6.00. The summed E-state index contributed by atoms with van der Waals surface area (Å²) in [5.41, 5.74) is 0.842. The molecule has 0 fully saturated rings. The number of hydrogen-bond acceptors (Lipinski definition) is 3. The molecule has 0 unspecified atom stereocenters. The second kappa shape index (κ2) is 7.75. The number of benzene rings is 2. The Balaban J connectivity index is 1.88. The number of ether oxygens (including phenoxy) is 1. The fourth-order valence-corrected chi connectivity index (χ4v) is 2.75. The van der Waals surface area contributed by atoms with Crippen LogP contribution in [0, 0.1) is 0 Å². The summed E-state index contributed by atoms with van der Waals surface area (Å²) >= 11 is 0. The third kappa shape index (κ3) is 4.16. The van der Waals surface area contributed by atoms with Crippen molar-refractivity contribution in [2.24, 2.45) is 0 Å². The van der Waals surface area contributed by atoms with Crippen molar-refractivity contribution in [3.8, 4) is 17.0 Å². The molecule has 5 nitrogen and oxygen atoms in total. The minimum atomic E-state index is -4.48. The van der Waals surface area contributed by atoms with Gasteiger partial charge in [-0.05, 0) is 43.3 Å². The van der Waals surface area contributed by atoms with Crippen LogP contribution >= 0.6 is 0 Å². The van der Waals surface area contributed by atoms with Crippen molar-refractivity contribution < 1.29 is 22.7 Å². The summed E-state index contributed by atoms with van der Waals surface area (Å²) in [6.45, 7) is 2.40. The molecule has 3 rings (SSSR count). The zero-order valence-corrected chi connectivity index (χ0v) is 15.2. The lowest BCUT2D eigenvalue weighted by Gasteiger charge is -2.09. The average molecular weight is 389 g/mol. The van der Waals surface area contributed by atoms with Crippen molar-refractivity contribution in [2.75, 3.05) is 12.4 Å². The normalized spacial score (nSPS) is 11.3. The van der Waals surface area contributed by atoms with Crippen LogP contribution in [-0.4, -0.2) is 22.8 Å². The van der Waals surface area contributed by atoms with Gasteiger partial charge in [0.2, 0.25) is 0 Å². The van der Waals surface area contributed by atoms with Crippen molar-refractivity contribution in [2.45, 2.75) is 19.6 Å². The summed E-state index contributed by atoms with van der Waals surface area (Å²) in [6, 6.07) is 13.4. The van der Waals surface area contributed by atoms with E-state index < -0.39 is 17.6 Å². The van der Waals surface area contributed by atoms with E-state index in [1.165, 1.54) is 12.1 Å². The molecule has 0 spiro atoms. The van der Waals surface area contributed by atoms with Gasteiger partial charge < -0.3 is 10.1 Å². The minimum absolute atomic E-state index is 0.0498. The van der Waals surface area contributed by atoms with Crippen LogP contribution in [0.1, 0.15) is 23.0 Å². The Morgan fingerprint density at radius 2 is 1.89 bits per heavy atom. The summed E-state index contributed by atoms with van der Waals surface area (Å²) in [5, 5.41) is 6.74. The number of carbonyl (C=O) groups excluding carboxylic acids is 1. The number of carbonyl (C=O) groups is 1. The van der Waals surface area contributed by atoms with E-state index in [4.69, 9.17) is 4.74 Å². The Morgan fingerprint density at radius 3 is 2.57 bits per heavy atom. The highest BCUT2D eigenvalue weighted by atomic mass is 19.4. The van der Waals surface area contributed by atoms with Crippen LogP contribution in [-0.2, 0) is 12.7 Å². The number of aromatic nitrogens is 2. The van der Waals surface area contributed by atoms with Gasteiger partial charge in [-0.1, -0.05) is 18.2 Å². The highest BCUT2D eigenvalue weighted by Crippen LogP contribution is 2.31. The van der Waals surface area contributed by atoms with Gasteiger partial charge in [0.15, 0.2) is 5.69 Å². The number of hydrogen-bond donors (Lipinski definition) is 1. The predicted molar refractivity (Wildman–Crippen MR) is 99.3 cm³/mol. The quantitative estimate of drug-likeness (QED) is 0.679. The van der Waals surface area contributed by atoms with Crippen molar-refractivity contribution in [3.05, 3.63) is 65.9 Å². The number of aryl methyl sites for hydroxylation is 1. The van der Waals surface area contributed by atoms with Gasteiger partial charge in [-0.3, -0.25) is 9.48 Å². The average Bonchev–Trinajstić information content (AvgIpc) is 3.12. The molecule has 1 heterocycles. The van der Waals surface area contributed by atoms with Gasteiger partial charge in [0.25, 0.3) is 5.91 Å². The first-order valence-electron chi connectivity index (χ1n) is 8.52. The summed E-state index contributed by atoms with van der Waals surface area (Å²) in [5.74, 6) is 0.0759. The summed E-state index contributed by atoms with van der Waals surface area (Å²) < 4.78 is 45.4. The lowest BCUT2D eigenvalue weighted by Crippen LogP contribution is -2.14. The standard InChI is InChI=1S/C20H18F3N3O2/c1-3-26-18(13-6-4-9-16(10-13)28-2)12-17(25-26)19(27)24-15-8-5-7-14(11-15)20(21,22)23/h4-12H,3H2,1-2H3,(H,24,27). The fourth-order valence-electron chi connectivity index (χ4n) is 2.75. The zero-order valence-electron chi connectivity index (χ0n) is 15.2. The number of nitrogens with one attached hydrogen (secondary N) is 1. The molecule has 3 aromatic rings. The molecule has 0 saturated carbocycles. The monoisotopic (exact) mass is 389 g/mol. The van der Waals surface area contributed by atoms with Crippen LogP contribution in [0.15, 0.2) is 54.6 Å². The van der Waals surface area contributed by atoms with Gasteiger partial charge in [-0.25, -0.2) is 0 Å². The molecule has 28 heavy (non-hydrogen) atoms. The van der Waals surface area contributed by atoms with Gasteiger partial charge in [0, 0.05) is 17.8 Å². The van der Waals surface area contributed by atoms with Crippen molar-refractivity contribution in [1.82, 2.24) is 9.78 Å². The minimum Gasteiger partial charge on any atom is -0.497 e. The Hall–Kier alpha value is -3.29. The molecule has 0 saturated heterocycles. The predicted octanol–water partition coefficient (Wildman–Crippen LogP) is 4.85. The zero-order chi connectivity index (χ0) is 20.3. The summed E-state index contributed by atoms with van der Waals surface area (Å²) in [7, 11) is 1.56. The van der Waals surface area contributed by atoms with Crippen LogP contribution in [0.25, 0.3) is 11.3 Å². The van der Waals surface area contributed by atoms with Gasteiger partial charge >= 0.3 is 6.18 Å². The molecule has 1 N–H and O–H groups in total. The Morgan fingerprint density at radius 1 is 1.14 bits per heavy atom. The molecule has 8 heteroatoms. The number of nitrogens with zero attached hydrogens (tertiary/aromatic N) is 2. The van der Waals surface area contributed by atoms with E-state index in [2.05, 4.69) is 10.4 Å². The van der Waals surface area contributed by atoms with E-state index in [0.29, 0.717) is 18.0 Å². The van der Waals surface area contributed by atoms with E-state index in [1.54, 1.807) is 23.9 Å². The summed E-state index contributed by atoms with van der Waals surface area (Å²) in [6.07, 6.45) is -4.48. The Bertz CT molecular complexity index is 996. The first-order valence-corrected chi connectivity index (χ1v) is 8.52. The lowest BCUT2D eigenvalue weighted by molar-refractivity contribution is -0.137. The Labute approximate surface area is 159 Å². The maximum absolute atomic E-state index is 12.8. The lowest BCUT2D eigenvalue weighted by atomic mass is 10.1. The molecule has 0 atom stereocenters. The van der Waals surface area contributed by atoms with Crippen LogP contribution < -0.4 is 10.1 Å². The van der Waals surface area contributed by atoms with Crippen LogP contribution in [0.4, 0.5) is 18.9 Å². The largest absolute Gasteiger partial charge is 0.497 e. The second-order valence-corrected chi connectivity index (χ2v) is 6.00. The van der Waals surface area contributed by atoms with Crippen LogP contribution in [0.5, 0.6) is 5.75 Å². The SMILES string of the molecule is CCn1nc(C(=O)Nc2cccc(C(F)(F)F)c2)cc1-c1cccc(OC)c1. The molecule has 146 valence electrons. The number of alkyl halides is 3. The maximum atomic E-state index is 12.8. The van der Waals surface area contributed by atoms with Gasteiger partial charge in [-0.15, -0.1) is 0 Å². The number of methoxy groups -OCH3 is 1. The number of rotatable bonds is 5. The molecule has 0 aliphatic rings. The summed E-state index contributed by atoms with van der Waals surface area (Å²) in [4.78, 5) is 12.5. The van der Waals surface area contributed by atoms with Gasteiger partial charge in [0.05, 0.1) is 18.4 Å². The van der Waals surface area contributed by atoms with E-state index in [9.17, 15) is 18.0 Å². The molecule has 0 aliphatic heterocycles. The first kappa shape index (κ1) is 19.5. The van der Waals surface area contributed by atoms with Crippen LogP contribution in [0.2, 0.25) is 0 Å². The molecule has 2 aromatic carbocycles. The van der Waals surface area contributed by atoms with Crippen molar-refractivity contribution in [3.63, 3.8) is 0 Å². The van der Waals surface area contributed by atoms with Gasteiger partial charge in [0.1, 0.15) is 5.75 Å². The molecule has 0 aliphatic carbocycles. The molecular weight excluding hydrogens is 371 g/mol. The number of halogens is 3. The maximum Gasteiger partial charge on any atom is 0.416 e. The molecule has 1 aromatic heterocycles. The van der Waals surface area contributed by atoms with Gasteiger partial charge in [-0.2, -0.15) is 18.3 Å². The molecular formula is C20H18F3N3O2. The smallest absolute Gasteiger partial charge is 0.416 e. The molecule has 1 amide bonds. The topological polar surface area (TPSA) is 56.2 Å². The van der Waals surface area contributed by atoms with Crippen molar-refractivity contribution in [1.29, 1.82) is 0 Å². The molecule has 0 bridgehead atoms. The molecule has 0 radical (unpaired) electrons. The fraction of sp³-hybridized carbons (Fsp3) is 0.200.